The maximum atomic E-state index is 7.04. The molecule has 4 heterocycles. The lowest BCUT2D eigenvalue weighted by atomic mass is 9.61. The Morgan fingerprint density at radius 3 is 1.78 bits per heavy atom. The minimum atomic E-state index is -0.0655. The number of furan rings is 3. The number of benzene rings is 8. The van der Waals surface area contributed by atoms with Gasteiger partial charge in [0.05, 0.1) is 17.0 Å². The summed E-state index contributed by atoms with van der Waals surface area (Å²) in [6, 6.07) is 58.3. The van der Waals surface area contributed by atoms with Gasteiger partial charge in [-0.05, 0) is 99.7 Å². The Balaban J connectivity index is 1.20. The van der Waals surface area contributed by atoms with E-state index in [2.05, 4.69) is 199 Å². The fraction of sp³-hybridized carbons (Fsp3) is 0.138. The number of hydrogen-bond acceptors (Lipinski definition) is 5. The average Bonchev–Trinajstić information content (AvgIpc) is 3.98. The van der Waals surface area contributed by atoms with Gasteiger partial charge in [0.1, 0.15) is 27.9 Å². The van der Waals surface area contributed by atoms with Crippen LogP contribution < -0.4 is 21.3 Å². The first-order chi connectivity index (χ1) is 31.0. The van der Waals surface area contributed by atoms with Crippen molar-refractivity contribution < 1.29 is 13.3 Å². The third-order valence-corrected chi connectivity index (χ3v) is 13.0. The van der Waals surface area contributed by atoms with Gasteiger partial charge in [-0.25, -0.2) is 0 Å². The monoisotopic (exact) mass is 829 g/mol. The van der Waals surface area contributed by atoms with Crippen LogP contribution in [0.2, 0.25) is 0 Å². The van der Waals surface area contributed by atoms with E-state index in [1.807, 2.05) is 24.3 Å². The van der Waals surface area contributed by atoms with Crippen LogP contribution in [0.15, 0.2) is 177 Å². The number of para-hydroxylation sites is 3. The van der Waals surface area contributed by atoms with E-state index in [0.29, 0.717) is 0 Å². The molecule has 0 saturated heterocycles. The molecule has 12 rings (SSSR count). The van der Waals surface area contributed by atoms with Crippen LogP contribution in [0.25, 0.3) is 77.1 Å². The Hall–Kier alpha value is -7.44. The summed E-state index contributed by atoms with van der Waals surface area (Å²) in [5, 5.41) is 9.12. The standard InChI is InChI=1S/C58H46BN2O3/c1-57(2,3)35-24-27-37(28-25-35)60-45-31-42-38-18-10-13-21-48(38)62-51(42)33-44(45)52-53-47(32-43-39-19-11-14-22-49(39)63-55(43)52)61(54-40-20-12-15-23-50(40)64-56(54)59-53)46-29-26-36(58(4,5)6)30-41(46)34-16-8-7-9-17-34/h7-33,60H,1-6H3. The summed E-state index contributed by atoms with van der Waals surface area (Å²) in [6.45, 7) is 13.6. The Morgan fingerprint density at radius 2 is 1.08 bits per heavy atom. The Labute approximate surface area is 373 Å². The van der Waals surface area contributed by atoms with Crippen molar-refractivity contribution in [3.8, 4) is 22.3 Å². The topological polar surface area (TPSA) is 54.7 Å². The molecular weight excluding hydrogens is 783 g/mol. The van der Waals surface area contributed by atoms with Crippen molar-refractivity contribution in [3.63, 3.8) is 0 Å². The molecule has 5 nitrogen and oxygen atoms in total. The SMILES string of the molecule is CC(C)(C)c1ccc(Nc2cc3c(cc2-c2c4c(cc5c2oc2ccccc25)N(c2ccc(C(C)(C)C)cc2-c2ccccc2)c2c(oc5ccccc25)[B]4)oc2ccccc23)cc1. The second-order valence-electron chi connectivity index (χ2n) is 19.2. The predicted octanol–water partition coefficient (Wildman–Crippen LogP) is 15.3. The highest BCUT2D eigenvalue weighted by Crippen LogP contribution is 2.50. The molecule has 1 radical (unpaired) electrons. The molecule has 11 aromatic rings. The molecule has 8 aromatic carbocycles. The number of rotatable bonds is 5. The molecule has 1 aliphatic heterocycles. The Morgan fingerprint density at radius 1 is 0.469 bits per heavy atom. The Kier molecular flexibility index (Phi) is 8.39. The largest absolute Gasteiger partial charge is 0.469 e. The lowest BCUT2D eigenvalue weighted by Crippen LogP contribution is -2.40. The molecule has 3 aromatic heterocycles. The molecule has 64 heavy (non-hydrogen) atoms. The molecule has 0 fully saturated rings. The second kappa shape index (κ2) is 14.0. The number of nitrogens with zero attached hydrogens (tertiary/aromatic N) is 1. The number of fused-ring (bicyclic) bond motifs is 10. The lowest BCUT2D eigenvalue weighted by molar-refractivity contribution is 0.590. The number of anilines is 5. The van der Waals surface area contributed by atoms with Gasteiger partial charge < -0.3 is 23.5 Å². The molecular formula is C58H46BN2O3. The molecule has 309 valence electrons. The molecule has 0 saturated carbocycles. The van der Waals surface area contributed by atoms with Crippen LogP contribution in [0.5, 0.6) is 0 Å². The molecule has 0 unspecified atom stereocenters. The third-order valence-electron chi connectivity index (χ3n) is 13.0. The van der Waals surface area contributed by atoms with E-state index in [-0.39, 0.29) is 10.8 Å². The van der Waals surface area contributed by atoms with E-state index < -0.39 is 0 Å². The van der Waals surface area contributed by atoms with Crippen LogP contribution in [0.1, 0.15) is 52.7 Å². The van der Waals surface area contributed by atoms with Crippen molar-refractivity contribution in [2.75, 3.05) is 10.2 Å². The van der Waals surface area contributed by atoms with E-state index in [4.69, 9.17) is 13.3 Å². The highest BCUT2D eigenvalue weighted by molar-refractivity contribution is 6.73. The van der Waals surface area contributed by atoms with Crippen molar-refractivity contribution in [2.24, 2.45) is 0 Å². The normalized spacial score (nSPS) is 12.9. The minimum absolute atomic E-state index is 0.0268. The summed E-state index contributed by atoms with van der Waals surface area (Å²) < 4.78 is 20.6. The van der Waals surface area contributed by atoms with Crippen LogP contribution in [-0.4, -0.2) is 7.28 Å². The van der Waals surface area contributed by atoms with Gasteiger partial charge in [-0.1, -0.05) is 139 Å². The molecule has 0 atom stereocenters. The van der Waals surface area contributed by atoms with Crippen LogP contribution in [0.4, 0.5) is 28.4 Å². The van der Waals surface area contributed by atoms with Crippen LogP contribution in [0.3, 0.4) is 0 Å². The summed E-state index contributed by atoms with van der Waals surface area (Å²) in [7, 11) is 2.22. The van der Waals surface area contributed by atoms with Crippen molar-refractivity contribution in [1.29, 1.82) is 0 Å². The first-order valence-corrected chi connectivity index (χ1v) is 22.2. The number of nitrogens with one attached hydrogen (secondary N) is 1. The zero-order valence-electron chi connectivity index (χ0n) is 36.8. The number of hydrogen-bond donors (Lipinski definition) is 1. The fourth-order valence-electron chi connectivity index (χ4n) is 9.68. The summed E-state index contributed by atoms with van der Waals surface area (Å²) >= 11 is 0. The summed E-state index contributed by atoms with van der Waals surface area (Å²) in [5.74, 6) is 0. The Bertz CT molecular complexity index is 3640. The highest BCUT2D eigenvalue weighted by Gasteiger charge is 2.36. The maximum Gasteiger partial charge on any atom is 0.247 e. The first kappa shape index (κ1) is 38.3. The van der Waals surface area contributed by atoms with Crippen molar-refractivity contribution in [2.45, 2.75) is 52.4 Å². The van der Waals surface area contributed by atoms with Gasteiger partial charge >= 0.3 is 0 Å². The zero-order chi connectivity index (χ0) is 43.5. The van der Waals surface area contributed by atoms with Crippen LogP contribution in [-0.2, 0) is 10.8 Å². The van der Waals surface area contributed by atoms with Crippen LogP contribution >= 0.6 is 0 Å². The van der Waals surface area contributed by atoms with Crippen molar-refractivity contribution >= 4 is 102 Å². The maximum absolute atomic E-state index is 7.04. The summed E-state index contributed by atoms with van der Waals surface area (Å²) in [6.07, 6.45) is 0. The van der Waals surface area contributed by atoms with E-state index in [9.17, 15) is 0 Å². The molecule has 0 bridgehead atoms. The molecule has 0 aliphatic carbocycles. The second-order valence-corrected chi connectivity index (χ2v) is 19.2. The van der Waals surface area contributed by atoms with Gasteiger partial charge in [-0.15, -0.1) is 0 Å². The highest BCUT2D eigenvalue weighted by atomic mass is 16.3. The van der Waals surface area contributed by atoms with E-state index in [1.165, 1.54) is 11.1 Å². The van der Waals surface area contributed by atoms with Gasteiger partial charge in [-0.3, -0.25) is 0 Å². The molecule has 1 aliphatic rings. The molecule has 6 heteroatoms. The minimum Gasteiger partial charge on any atom is -0.469 e. The van der Waals surface area contributed by atoms with Crippen molar-refractivity contribution in [1.82, 2.24) is 0 Å². The van der Waals surface area contributed by atoms with Crippen molar-refractivity contribution in [3.05, 3.63) is 175 Å². The fourth-order valence-corrected chi connectivity index (χ4v) is 9.68. The smallest absolute Gasteiger partial charge is 0.247 e. The van der Waals surface area contributed by atoms with Gasteiger partial charge in [0.15, 0.2) is 0 Å². The summed E-state index contributed by atoms with van der Waals surface area (Å²) in [5.41, 5.74) is 17.6. The quantitative estimate of drug-likeness (QED) is 0.175. The predicted molar refractivity (Wildman–Crippen MR) is 268 cm³/mol. The van der Waals surface area contributed by atoms with Gasteiger partial charge in [0.2, 0.25) is 7.28 Å². The van der Waals surface area contributed by atoms with E-state index in [1.54, 1.807) is 0 Å². The summed E-state index contributed by atoms with van der Waals surface area (Å²) in [4.78, 5) is 2.44. The van der Waals surface area contributed by atoms with E-state index in [0.717, 1.165) is 117 Å². The lowest BCUT2D eigenvalue weighted by Gasteiger charge is -2.35. The molecule has 1 N–H and O–H groups in total. The average molecular weight is 830 g/mol. The third kappa shape index (κ3) is 6.07. The first-order valence-electron chi connectivity index (χ1n) is 22.2. The zero-order valence-corrected chi connectivity index (χ0v) is 36.8. The molecule has 0 amide bonds. The van der Waals surface area contributed by atoms with Crippen LogP contribution in [0, 0.1) is 0 Å². The molecule has 0 spiro atoms. The van der Waals surface area contributed by atoms with Gasteiger partial charge in [-0.2, -0.15) is 0 Å². The van der Waals surface area contributed by atoms with E-state index >= 15 is 0 Å². The van der Waals surface area contributed by atoms with Gasteiger partial charge in [0.25, 0.3) is 0 Å². The van der Waals surface area contributed by atoms with Gasteiger partial charge in [0, 0.05) is 60.7 Å².